The van der Waals surface area contributed by atoms with Gasteiger partial charge in [-0.2, -0.15) is 5.10 Å². The van der Waals surface area contributed by atoms with Crippen molar-refractivity contribution in [3.05, 3.63) is 24.5 Å². The first kappa shape index (κ1) is 9.83. The lowest BCUT2D eigenvalue weighted by Gasteiger charge is -2.05. The van der Waals surface area contributed by atoms with Crippen LogP contribution in [0.1, 0.15) is 6.92 Å². The van der Waals surface area contributed by atoms with Gasteiger partial charge in [0.1, 0.15) is 17.2 Å². The van der Waals surface area contributed by atoms with Gasteiger partial charge < -0.3 is 10.3 Å². The molecule has 0 aromatic carbocycles. The van der Waals surface area contributed by atoms with Crippen LogP contribution in [0.25, 0.3) is 22.6 Å². The van der Waals surface area contributed by atoms with Gasteiger partial charge in [0, 0.05) is 18.9 Å². The van der Waals surface area contributed by atoms with Gasteiger partial charge in [-0.15, -0.1) is 0 Å². The Labute approximate surface area is 97.5 Å². The van der Waals surface area contributed by atoms with Gasteiger partial charge >= 0.3 is 0 Å². The second-order valence-corrected chi connectivity index (χ2v) is 3.64. The van der Waals surface area contributed by atoms with Crippen LogP contribution >= 0.6 is 0 Å². The highest BCUT2D eigenvalue weighted by Crippen LogP contribution is 2.22. The molecule has 0 aliphatic rings. The second-order valence-electron chi connectivity index (χ2n) is 3.64. The molecule has 0 spiro atoms. The van der Waals surface area contributed by atoms with Crippen LogP contribution in [-0.2, 0) is 0 Å². The van der Waals surface area contributed by atoms with E-state index in [9.17, 15) is 0 Å². The molecule has 0 saturated heterocycles. The zero-order chi connectivity index (χ0) is 11.7. The Morgan fingerprint density at radius 2 is 2.24 bits per heavy atom. The molecule has 6 heteroatoms. The van der Waals surface area contributed by atoms with Gasteiger partial charge in [-0.1, -0.05) is 0 Å². The van der Waals surface area contributed by atoms with E-state index in [0.29, 0.717) is 5.82 Å². The van der Waals surface area contributed by atoms with Crippen molar-refractivity contribution in [1.82, 2.24) is 25.1 Å². The molecule has 0 saturated carbocycles. The normalized spacial score (nSPS) is 10.9. The van der Waals surface area contributed by atoms with E-state index in [2.05, 4.69) is 30.5 Å². The predicted octanol–water partition coefficient (Wildman–Crippen LogP) is 1.78. The van der Waals surface area contributed by atoms with Crippen LogP contribution in [0.2, 0.25) is 0 Å². The highest BCUT2D eigenvalue weighted by molar-refractivity contribution is 5.88. The van der Waals surface area contributed by atoms with E-state index in [1.54, 1.807) is 6.20 Å². The van der Waals surface area contributed by atoms with Crippen molar-refractivity contribution in [2.75, 3.05) is 11.9 Å². The first-order chi connectivity index (χ1) is 8.38. The molecular formula is C11H12N6. The zero-order valence-corrected chi connectivity index (χ0v) is 9.36. The molecule has 3 N–H and O–H groups in total. The number of aromatic nitrogens is 5. The summed E-state index contributed by atoms with van der Waals surface area (Å²) >= 11 is 0. The fourth-order valence-electron chi connectivity index (χ4n) is 1.74. The summed E-state index contributed by atoms with van der Waals surface area (Å²) in [5.41, 5.74) is 1.63. The molecule has 0 aliphatic heterocycles. The third kappa shape index (κ3) is 1.63. The molecule has 0 atom stereocenters. The monoisotopic (exact) mass is 228 g/mol. The van der Waals surface area contributed by atoms with Crippen LogP contribution in [-0.4, -0.2) is 31.7 Å². The van der Waals surface area contributed by atoms with Crippen molar-refractivity contribution in [1.29, 1.82) is 0 Å². The largest absolute Gasteiger partial charge is 0.370 e. The van der Waals surface area contributed by atoms with E-state index in [4.69, 9.17) is 0 Å². The summed E-state index contributed by atoms with van der Waals surface area (Å²) in [5.74, 6) is 1.47. The second kappa shape index (κ2) is 3.89. The first-order valence-electron chi connectivity index (χ1n) is 5.47. The maximum absolute atomic E-state index is 4.49. The highest BCUT2D eigenvalue weighted by Gasteiger charge is 2.10. The Bertz CT molecular complexity index is 625. The first-order valence-corrected chi connectivity index (χ1v) is 5.47. The molecule has 6 nitrogen and oxygen atoms in total. The van der Waals surface area contributed by atoms with Crippen LogP contribution in [0.3, 0.4) is 0 Å². The summed E-state index contributed by atoms with van der Waals surface area (Å²) in [5, 5.41) is 11.0. The fraction of sp³-hybridized carbons (Fsp3) is 0.182. The molecular weight excluding hydrogens is 216 g/mol. The van der Waals surface area contributed by atoms with E-state index < -0.39 is 0 Å². The number of hydrogen-bond donors (Lipinski definition) is 3. The molecule has 0 radical (unpaired) electrons. The van der Waals surface area contributed by atoms with E-state index in [-0.39, 0.29) is 0 Å². The van der Waals surface area contributed by atoms with Crippen molar-refractivity contribution >= 4 is 16.9 Å². The summed E-state index contributed by atoms with van der Waals surface area (Å²) in [7, 11) is 0. The van der Waals surface area contributed by atoms with Gasteiger partial charge in [0.25, 0.3) is 0 Å². The topological polar surface area (TPSA) is 82.3 Å². The van der Waals surface area contributed by atoms with Crippen molar-refractivity contribution in [2.24, 2.45) is 0 Å². The number of fused-ring (bicyclic) bond motifs is 1. The van der Waals surface area contributed by atoms with Gasteiger partial charge in [-0.05, 0) is 19.1 Å². The van der Waals surface area contributed by atoms with Crippen molar-refractivity contribution in [3.63, 3.8) is 0 Å². The number of H-pyrrole nitrogens is 2. The Kier molecular flexibility index (Phi) is 2.25. The van der Waals surface area contributed by atoms with Crippen molar-refractivity contribution in [2.45, 2.75) is 6.92 Å². The quantitative estimate of drug-likeness (QED) is 0.638. The maximum Gasteiger partial charge on any atom is 0.181 e. The Balaban J connectivity index is 2.20. The van der Waals surface area contributed by atoms with E-state index in [1.807, 2.05) is 25.3 Å². The average molecular weight is 228 g/mol. The number of hydrogen-bond acceptors (Lipinski definition) is 4. The van der Waals surface area contributed by atoms with Crippen LogP contribution in [0.15, 0.2) is 24.5 Å². The lowest BCUT2D eigenvalue weighted by Crippen LogP contribution is -2.02. The molecule has 17 heavy (non-hydrogen) atoms. The summed E-state index contributed by atoms with van der Waals surface area (Å²) in [6, 6.07) is 3.81. The van der Waals surface area contributed by atoms with E-state index in [1.165, 1.54) is 0 Å². The summed E-state index contributed by atoms with van der Waals surface area (Å²) in [6.07, 6.45) is 3.54. The van der Waals surface area contributed by atoms with Crippen LogP contribution in [0.4, 0.5) is 5.82 Å². The summed E-state index contributed by atoms with van der Waals surface area (Å²) < 4.78 is 0. The van der Waals surface area contributed by atoms with Crippen LogP contribution < -0.4 is 5.32 Å². The molecule has 3 rings (SSSR count). The molecule has 0 bridgehead atoms. The van der Waals surface area contributed by atoms with Gasteiger partial charge in [-0.25, -0.2) is 9.97 Å². The Morgan fingerprint density at radius 1 is 1.29 bits per heavy atom. The minimum absolute atomic E-state index is 0.633. The van der Waals surface area contributed by atoms with E-state index in [0.717, 1.165) is 29.1 Å². The molecule has 0 aliphatic carbocycles. The van der Waals surface area contributed by atoms with E-state index >= 15 is 0 Å². The SMILES string of the molecule is CCNc1nc(-c2ccn[nH]2)nc2[nH]ccc12. The van der Waals surface area contributed by atoms with Crippen molar-refractivity contribution < 1.29 is 0 Å². The number of nitrogens with one attached hydrogen (secondary N) is 3. The number of aromatic amines is 2. The Hall–Kier alpha value is -2.37. The van der Waals surface area contributed by atoms with Crippen LogP contribution in [0, 0.1) is 0 Å². The Morgan fingerprint density at radius 3 is 3.00 bits per heavy atom. The number of rotatable bonds is 3. The maximum atomic E-state index is 4.49. The predicted molar refractivity (Wildman–Crippen MR) is 65.6 cm³/mol. The minimum Gasteiger partial charge on any atom is -0.370 e. The number of anilines is 1. The van der Waals surface area contributed by atoms with Gasteiger partial charge in [0.15, 0.2) is 5.82 Å². The third-order valence-corrected chi connectivity index (χ3v) is 2.50. The zero-order valence-electron chi connectivity index (χ0n) is 9.36. The molecule has 0 amide bonds. The minimum atomic E-state index is 0.633. The molecule has 3 heterocycles. The number of nitrogens with zero attached hydrogens (tertiary/aromatic N) is 3. The molecule has 0 unspecified atom stereocenters. The lowest BCUT2D eigenvalue weighted by molar-refractivity contribution is 1.06. The third-order valence-electron chi connectivity index (χ3n) is 2.50. The molecule has 0 fully saturated rings. The highest BCUT2D eigenvalue weighted by atomic mass is 15.1. The fourth-order valence-corrected chi connectivity index (χ4v) is 1.74. The molecule has 86 valence electrons. The smallest absolute Gasteiger partial charge is 0.181 e. The van der Waals surface area contributed by atoms with Gasteiger partial charge in [0.2, 0.25) is 0 Å². The summed E-state index contributed by atoms with van der Waals surface area (Å²) in [4.78, 5) is 12.0. The van der Waals surface area contributed by atoms with Crippen LogP contribution in [0.5, 0.6) is 0 Å². The lowest BCUT2D eigenvalue weighted by atomic mass is 10.3. The molecule has 3 aromatic heterocycles. The average Bonchev–Trinajstić information content (AvgIpc) is 3.00. The van der Waals surface area contributed by atoms with Gasteiger partial charge in [-0.3, -0.25) is 5.10 Å². The summed E-state index contributed by atoms with van der Waals surface area (Å²) in [6.45, 7) is 2.86. The van der Waals surface area contributed by atoms with Gasteiger partial charge in [0.05, 0.1) is 5.39 Å². The molecule has 3 aromatic rings. The van der Waals surface area contributed by atoms with Crippen molar-refractivity contribution in [3.8, 4) is 11.5 Å². The standard InChI is InChI=1S/C11H12N6/c1-2-12-9-7-3-5-13-10(7)16-11(15-9)8-4-6-14-17-8/h3-6H,2H2,1H3,(H,14,17)(H2,12,13,15,16).